The van der Waals surface area contributed by atoms with Gasteiger partial charge in [-0.05, 0) is 18.9 Å². The number of carbonyl (C=O) groups excluding carboxylic acids is 1. The number of allylic oxidation sites excluding steroid dienone is 6. The lowest BCUT2D eigenvalue weighted by atomic mass is 9.77. The quantitative estimate of drug-likeness (QED) is 0.355. The van der Waals surface area contributed by atoms with Crippen LogP contribution in [-0.2, 0) is 4.79 Å². The van der Waals surface area contributed by atoms with Gasteiger partial charge in [0.2, 0.25) is 0 Å². The standard InChI is InChI=1S/C15H22O/c1-2-3-4-6-10-15(13-9-14-16)11-7-5-8-12-15/h5,7-9,11,13-14H,2-4,6,10,12H2,1H3/b13-9+. The molecule has 1 aliphatic rings. The molecule has 1 heteroatoms. The van der Waals surface area contributed by atoms with Gasteiger partial charge >= 0.3 is 0 Å². The minimum atomic E-state index is 0.101. The van der Waals surface area contributed by atoms with Gasteiger partial charge in [0.05, 0.1) is 0 Å². The summed E-state index contributed by atoms with van der Waals surface area (Å²) in [5.74, 6) is 0. The molecule has 0 aromatic heterocycles. The zero-order valence-corrected chi connectivity index (χ0v) is 10.2. The molecule has 0 bridgehead atoms. The molecular formula is C15H22O. The molecular weight excluding hydrogens is 196 g/mol. The van der Waals surface area contributed by atoms with Gasteiger partial charge in [-0.2, -0.15) is 0 Å². The highest BCUT2D eigenvalue weighted by Gasteiger charge is 2.22. The number of rotatable bonds is 7. The van der Waals surface area contributed by atoms with Crippen molar-refractivity contribution in [2.24, 2.45) is 5.41 Å². The second-order valence-electron chi connectivity index (χ2n) is 4.53. The molecule has 0 saturated carbocycles. The van der Waals surface area contributed by atoms with Crippen molar-refractivity contribution >= 4 is 6.29 Å². The first-order chi connectivity index (χ1) is 7.83. The Bertz CT molecular complexity index is 286. The van der Waals surface area contributed by atoms with Crippen molar-refractivity contribution in [3.8, 4) is 0 Å². The maximum atomic E-state index is 10.4. The normalized spacial score (nSPS) is 24.1. The van der Waals surface area contributed by atoms with Crippen LogP contribution in [0.1, 0.15) is 45.4 Å². The highest BCUT2D eigenvalue weighted by molar-refractivity contribution is 5.65. The smallest absolute Gasteiger partial charge is 0.142 e. The maximum Gasteiger partial charge on any atom is 0.142 e. The summed E-state index contributed by atoms with van der Waals surface area (Å²) < 4.78 is 0. The summed E-state index contributed by atoms with van der Waals surface area (Å²) in [5.41, 5.74) is 0.101. The largest absolute Gasteiger partial charge is 0.299 e. The molecule has 0 N–H and O–H groups in total. The molecule has 0 amide bonds. The highest BCUT2D eigenvalue weighted by atomic mass is 16.1. The van der Waals surface area contributed by atoms with Crippen LogP contribution >= 0.6 is 0 Å². The molecule has 88 valence electrons. The summed E-state index contributed by atoms with van der Waals surface area (Å²) in [6, 6.07) is 0. The molecule has 16 heavy (non-hydrogen) atoms. The third-order valence-electron chi connectivity index (χ3n) is 3.18. The first kappa shape index (κ1) is 13.0. The van der Waals surface area contributed by atoms with Gasteiger partial charge in [0, 0.05) is 5.41 Å². The van der Waals surface area contributed by atoms with E-state index in [1.807, 2.05) is 0 Å². The molecule has 0 radical (unpaired) electrons. The lowest BCUT2D eigenvalue weighted by molar-refractivity contribution is -0.104. The van der Waals surface area contributed by atoms with Crippen LogP contribution in [0, 0.1) is 5.41 Å². The summed E-state index contributed by atoms with van der Waals surface area (Å²) in [7, 11) is 0. The van der Waals surface area contributed by atoms with E-state index in [0.717, 1.165) is 19.1 Å². The van der Waals surface area contributed by atoms with Gasteiger partial charge in [-0.15, -0.1) is 0 Å². The number of aldehydes is 1. The van der Waals surface area contributed by atoms with E-state index in [9.17, 15) is 4.79 Å². The summed E-state index contributed by atoms with van der Waals surface area (Å²) in [6.45, 7) is 2.23. The molecule has 0 aromatic rings. The fourth-order valence-electron chi connectivity index (χ4n) is 2.19. The monoisotopic (exact) mass is 218 g/mol. The van der Waals surface area contributed by atoms with Gasteiger partial charge in [0.1, 0.15) is 6.29 Å². The lowest BCUT2D eigenvalue weighted by Crippen LogP contribution is -2.15. The van der Waals surface area contributed by atoms with Crippen LogP contribution in [-0.4, -0.2) is 6.29 Å². The van der Waals surface area contributed by atoms with Gasteiger partial charge in [0.25, 0.3) is 0 Å². The van der Waals surface area contributed by atoms with E-state index < -0.39 is 0 Å². The highest BCUT2D eigenvalue weighted by Crippen LogP contribution is 2.35. The van der Waals surface area contributed by atoms with Crippen LogP contribution in [0.3, 0.4) is 0 Å². The third kappa shape index (κ3) is 4.18. The molecule has 0 aromatic carbocycles. The van der Waals surface area contributed by atoms with Gasteiger partial charge in [-0.1, -0.05) is 63.0 Å². The first-order valence-corrected chi connectivity index (χ1v) is 6.30. The molecule has 1 atom stereocenters. The van der Waals surface area contributed by atoms with E-state index in [0.29, 0.717) is 0 Å². The summed E-state index contributed by atoms with van der Waals surface area (Å²) in [6.07, 6.45) is 20.5. The molecule has 0 saturated heterocycles. The van der Waals surface area contributed by atoms with Gasteiger partial charge in [0.15, 0.2) is 0 Å². The number of hydrogen-bond acceptors (Lipinski definition) is 1. The maximum absolute atomic E-state index is 10.4. The van der Waals surface area contributed by atoms with E-state index in [1.54, 1.807) is 6.08 Å². The molecule has 0 heterocycles. The van der Waals surface area contributed by atoms with Crippen LogP contribution in [0.4, 0.5) is 0 Å². The van der Waals surface area contributed by atoms with Crippen molar-refractivity contribution in [3.05, 3.63) is 36.5 Å². The summed E-state index contributed by atoms with van der Waals surface area (Å²) >= 11 is 0. The van der Waals surface area contributed by atoms with Crippen molar-refractivity contribution < 1.29 is 4.79 Å². The molecule has 0 fully saturated rings. The van der Waals surface area contributed by atoms with Gasteiger partial charge in [-0.25, -0.2) is 0 Å². The second kappa shape index (κ2) is 7.21. The SMILES string of the molecule is CCCCCCC1(/C=C/C=O)C=CC=CC1. The summed E-state index contributed by atoms with van der Waals surface area (Å²) in [4.78, 5) is 10.4. The third-order valence-corrected chi connectivity index (χ3v) is 3.18. The van der Waals surface area contributed by atoms with E-state index >= 15 is 0 Å². The Morgan fingerprint density at radius 2 is 2.12 bits per heavy atom. The summed E-state index contributed by atoms with van der Waals surface area (Å²) in [5, 5.41) is 0. The van der Waals surface area contributed by atoms with Crippen LogP contribution in [0.5, 0.6) is 0 Å². The van der Waals surface area contributed by atoms with Crippen molar-refractivity contribution in [2.75, 3.05) is 0 Å². The molecule has 1 rings (SSSR count). The fourth-order valence-corrected chi connectivity index (χ4v) is 2.19. The average Bonchev–Trinajstić information content (AvgIpc) is 2.34. The van der Waals surface area contributed by atoms with Gasteiger partial charge in [-0.3, -0.25) is 4.79 Å². The Morgan fingerprint density at radius 3 is 2.75 bits per heavy atom. The first-order valence-electron chi connectivity index (χ1n) is 6.30. The van der Waals surface area contributed by atoms with Crippen molar-refractivity contribution in [2.45, 2.75) is 45.4 Å². The van der Waals surface area contributed by atoms with E-state index in [1.165, 1.54) is 25.7 Å². The van der Waals surface area contributed by atoms with Crippen molar-refractivity contribution in [1.29, 1.82) is 0 Å². The Kier molecular flexibility index (Phi) is 5.84. The topological polar surface area (TPSA) is 17.1 Å². The molecule has 0 aliphatic heterocycles. The lowest BCUT2D eigenvalue weighted by Gasteiger charge is -2.27. The van der Waals surface area contributed by atoms with Crippen LogP contribution < -0.4 is 0 Å². The molecule has 1 unspecified atom stereocenters. The van der Waals surface area contributed by atoms with Crippen LogP contribution in [0.25, 0.3) is 0 Å². The van der Waals surface area contributed by atoms with E-state index in [2.05, 4.69) is 37.3 Å². The zero-order chi connectivity index (χ0) is 11.7. The fraction of sp³-hybridized carbons (Fsp3) is 0.533. The zero-order valence-electron chi connectivity index (χ0n) is 10.2. The van der Waals surface area contributed by atoms with Crippen molar-refractivity contribution in [1.82, 2.24) is 0 Å². The van der Waals surface area contributed by atoms with Crippen LogP contribution in [0.15, 0.2) is 36.5 Å². The Hall–Kier alpha value is -1.11. The van der Waals surface area contributed by atoms with E-state index in [4.69, 9.17) is 0 Å². The minimum absolute atomic E-state index is 0.101. The molecule has 1 nitrogen and oxygen atoms in total. The minimum Gasteiger partial charge on any atom is -0.299 e. The predicted molar refractivity (Wildman–Crippen MR) is 69.3 cm³/mol. The molecule has 1 aliphatic carbocycles. The molecule has 0 spiro atoms. The Labute approximate surface area is 98.9 Å². The van der Waals surface area contributed by atoms with Gasteiger partial charge < -0.3 is 0 Å². The van der Waals surface area contributed by atoms with E-state index in [-0.39, 0.29) is 5.41 Å². The predicted octanol–water partition coefficient (Wildman–Crippen LogP) is 4.21. The number of hydrogen-bond donors (Lipinski definition) is 0. The second-order valence-corrected chi connectivity index (χ2v) is 4.53. The Morgan fingerprint density at radius 1 is 1.25 bits per heavy atom. The number of carbonyl (C=O) groups is 1. The Balaban J connectivity index is 2.51. The average molecular weight is 218 g/mol. The van der Waals surface area contributed by atoms with Crippen LogP contribution in [0.2, 0.25) is 0 Å². The number of unbranched alkanes of at least 4 members (excludes halogenated alkanes) is 3. The van der Waals surface area contributed by atoms with Crippen molar-refractivity contribution in [3.63, 3.8) is 0 Å².